The quantitative estimate of drug-likeness (QED) is 0.156. The van der Waals surface area contributed by atoms with Crippen molar-refractivity contribution >= 4 is 71.0 Å². The van der Waals surface area contributed by atoms with Crippen LogP contribution in [0.25, 0.3) is 22.2 Å². The number of thiol groups is 1. The smallest absolute Gasteiger partial charge is 0.382 e. The van der Waals surface area contributed by atoms with Gasteiger partial charge in [-0.15, -0.1) is 5.10 Å². The van der Waals surface area contributed by atoms with Crippen LogP contribution in [-0.2, 0) is 36.7 Å². The first kappa shape index (κ1) is 31.8. The molecule has 1 unspecified atom stereocenters. The number of anilines is 1. The zero-order valence-corrected chi connectivity index (χ0v) is 26.5. The van der Waals surface area contributed by atoms with Gasteiger partial charge in [-0.2, -0.15) is 0 Å². The molecule has 1 amide bonds. The van der Waals surface area contributed by atoms with Gasteiger partial charge < -0.3 is 25.5 Å². The van der Waals surface area contributed by atoms with Crippen LogP contribution in [0.3, 0.4) is 0 Å². The van der Waals surface area contributed by atoms with Crippen LogP contribution in [0.2, 0.25) is 0 Å². The van der Waals surface area contributed by atoms with Crippen molar-refractivity contribution in [3.05, 3.63) is 36.4 Å². The minimum absolute atomic E-state index is 0.0490. The summed E-state index contributed by atoms with van der Waals surface area (Å²) in [5.41, 5.74) is 12.0. The maximum absolute atomic E-state index is 16.1. The molecule has 46 heavy (non-hydrogen) atoms. The molecule has 3 aliphatic rings. The number of hydrogen-bond donors (Lipinski definition) is 3. The summed E-state index contributed by atoms with van der Waals surface area (Å²) in [6.07, 6.45) is -10.5. The van der Waals surface area contributed by atoms with Crippen LogP contribution in [0, 0.1) is 0 Å². The number of imidazole rings is 1. The van der Waals surface area contributed by atoms with Crippen molar-refractivity contribution < 1.29 is 50.3 Å². The Bertz CT molecular complexity index is 1890. The Morgan fingerprint density at radius 1 is 1.09 bits per heavy atom. The van der Waals surface area contributed by atoms with Crippen molar-refractivity contribution in [2.24, 2.45) is 5.73 Å². The van der Waals surface area contributed by atoms with Crippen molar-refractivity contribution in [2.75, 3.05) is 18.9 Å². The van der Waals surface area contributed by atoms with Gasteiger partial charge in [0.1, 0.15) is 41.8 Å². The van der Waals surface area contributed by atoms with Gasteiger partial charge in [-0.05, 0) is 12.1 Å². The zero-order chi connectivity index (χ0) is 32.3. The second-order valence-corrected chi connectivity index (χ2v) is 16.1. The first-order chi connectivity index (χ1) is 22.1. The number of nitrogens with zero attached hydrogens (tertiary/aromatic N) is 7. The predicted molar refractivity (Wildman–Crippen MR) is 158 cm³/mol. The molecule has 24 heteroatoms. The Balaban J connectivity index is 1.19. The molecule has 3 aromatic heterocycles. The number of hydrogen-bond acceptors (Lipinski definition) is 17. The van der Waals surface area contributed by atoms with Gasteiger partial charge in [0.15, 0.2) is 36.3 Å². The monoisotopic (exact) mass is 721 g/mol. The van der Waals surface area contributed by atoms with Crippen LogP contribution in [0.4, 0.5) is 14.6 Å². The van der Waals surface area contributed by atoms with E-state index >= 15 is 8.78 Å². The van der Waals surface area contributed by atoms with Gasteiger partial charge in [-0.25, -0.2) is 33.0 Å². The molecule has 0 spiro atoms. The van der Waals surface area contributed by atoms with E-state index in [4.69, 9.17) is 39.0 Å². The number of carbonyl (C=O) groups is 1. The first-order valence-electron chi connectivity index (χ1n) is 13.3. The van der Waals surface area contributed by atoms with E-state index in [0.717, 1.165) is 11.0 Å². The third-order valence-corrected chi connectivity index (χ3v) is 12.6. The molecule has 1 aromatic carbocycles. The van der Waals surface area contributed by atoms with Crippen molar-refractivity contribution in [1.82, 2.24) is 34.5 Å². The molecule has 2 bridgehead atoms. The van der Waals surface area contributed by atoms with E-state index in [1.54, 1.807) is 0 Å². The summed E-state index contributed by atoms with van der Waals surface area (Å²) in [6.45, 7) is -5.64. The molecule has 0 radical (unpaired) electrons. The highest BCUT2D eigenvalue weighted by atomic mass is 33.3. The number of halogens is 2. The first-order valence-corrected chi connectivity index (χ1v) is 18.6. The van der Waals surface area contributed by atoms with Gasteiger partial charge in [0.2, 0.25) is 0 Å². The lowest BCUT2D eigenvalue weighted by molar-refractivity contribution is -0.0598. The number of fused-ring (bicyclic) bond motifs is 5. The maximum atomic E-state index is 16.1. The highest BCUT2D eigenvalue weighted by Gasteiger charge is 2.54. The van der Waals surface area contributed by atoms with Gasteiger partial charge >= 0.3 is 15.1 Å². The average Bonchev–Trinajstić information content (AvgIpc) is 3.80. The molecular weight excluding hydrogens is 698 g/mol. The number of amides is 1. The van der Waals surface area contributed by atoms with E-state index in [9.17, 15) is 13.9 Å². The fourth-order valence-electron chi connectivity index (χ4n) is 5.42. The van der Waals surface area contributed by atoms with E-state index in [1.165, 1.54) is 29.1 Å². The third kappa shape index (κ3) is 5.49. The highest BCUT2D eigenvalue weighted by Crippen LogP contribution is 2.65. The predicted octanol–water partition coefficient (Wildman–Crippen LogP) is 2.32. The fourth-order valence-corrected chi connectivity index (χ4v) is 8.79. The molecular formula is C22H23F2N9O9P2S2. The maximum Gasteiger partial charge on any atom is 0.399 e. The molecule has 4 N–H and O–H groups in total. The van der Waals surface area contributed by atoms with E-state index in [2.05, 4.69) is 36.9 Å². The SMILES string of the molecule is NC(=O)c1cccc2c1nnn2[C@@H]1O[C@@H]2CO[P@@](=O)(SS)O[C@H]3[C@@H](F)[C@H](n4cnc5c(N)ncnc54)O[C@@H]3CO[PH](=O)O[C@@H]1[C@@H]2F. The fraction of sp³-hybridized carbons (Fsp3) is 0.455. The molecule has 3 aliphatic heterocycles. The Kier molecular flexibility index (Phi) is 8.54. The Morgan fingerprint density at radius 2 is 1.89 bits per heavy atom. The average molecular weight is 722 g/mol. The minimum atomic E-state index is -4.35. The van der Waals surface area contributed by atoms with Crippen molar-refractivity contribution in [1.29, 1.82) is 0 Å². The number of ether oxygens (including phenoxy) is 2. The van der Waals surface area contributed by atoms with E-state index in [1.807, 2.05) is 0 Å². The second-order valence-electron chi connectivity index (χ2n) is 10.2. The molecule has 7 rings (SSSR count). The Hall–Kier alpha value is -2.78. The standard InChI is InChI=1S/C22H23F2N9O9P2S2/c23-12-10-5-38-44(36,46-45)42-16-11(40-21(13(16)24)32-7-29-15-18(25)27-6-28-20(15)32)4-37-43(35)41-17(12)22(39-10)33-9-3-1-2-8(19(26)34)14(9)30-31-33/h1-3,6-7,10-13,16-17,21-22,43,45H,4-5H2,(H2,26,34)(H2,25,27,28)/t10-,11-,12-,13-,16-,17-,21-,22-,44-/m1/s1. The lowest BCUT2D eigenvalue weighted by atomic mass is 10.1. The molecule has 6 heterocycles. The van der Waals surface area contributed by atoms with Gasteiger partial charge in [0.05, 0.1) is 30.6 Å². The van der Waals surface area contributed by atoms with Crippen LogP contribution < -0.4 is 11.5 Å². The van der Waals surface area contributed by atoms with Gasteiger partial charge in [-0.1, -0.05) is 22.9 Å². The van der Waals surface area contributed by atoms with Crippen LogP contribution in [0.1, 0.15) is 22.8 Å². The van der Waals surface area contributed by atoms with Crippen LogP contribution >= 0.6 is 37.1 Å². The van der Waals surface area contributed by atoms with Crippen molar-refractivity contribution in [3.63, 3.8) is 0 Å². The normalized spacial score (nSPS) is 35.4. The molecule has 0 aliphatic carbocycles. The summed E-state index contributed by atoms with van der Waals surface area (Å²) in [5.74, 6) is -0.725. The molecule has 0 saturated carbocycles. The zero-order valence-electron chi connectivity index (χ0n) is 22.9. The number of primary amides is 1. The second kappa shape index (κ2) is 12.3. The van der Waals surface area contributed by atoms with Gasteiger partial charge in [-0.3, -0.25) is 27.5 Å². The van der Waals surface area contributed by atoms with Gasteiger partial charge in [0, 0.05) is 10.4 Å². The minimum Gasteiger partial charge on any atom is -0.382 e. The summed E-state index contributed by atoms with van der Waals surface area (Å²) < 4.78 is 94.8. The number of nitrogens with two attached hydrogens (primary N) is 2. The summed E-state index contributed by atoms with van der Waals surface area (Å²) in [4.78, 5) is 24.0. The number of nitrogen functional groups attached to an aromatic ring is 1. The molecule has 3 fully saturated rings. The lowest BCUT2D eigenvalue weighted by Crippen LogP contribution is -2.33. The lowest BCUT2D eigenvalue weighted by Gasteiger charge is -2.25. The Morgan fingerprint density at radius 3 is 2.67 bits per heavy atom. The molecule has 246 valence electrons. The third-order valence-electron chi connectivity index (χ3n) is 7.55. The largest absolute Gasteiger partial charge is 0.399 e. The Labute approximate surface area is 265 Å². The number of carbonyl (C=O) groups excluding carboxylic acids is 1. The van der Waals surface area contributed by atoms with Crippen LogP contribution in [-0.4, -0.2) is 90.4 Å². The van der Waals surface area contributed by atoms with E-state index < -0.39 is 83.4 Å². The van der Waals surface area contributed by atoms with Crippen molar-refractivity contribution in [2.45, 2.75) is 49.2 Å². The topological polar surface area (TPSA) is 233 Å². The van der Waals surface area contributed by atoms with Crippen molar-refractivity contribution in [3.8, 4) is 0 Å². The number of aromatic nitrogens is 7. The van der Waals surface area contributed by atoms with Crippen LogP contribution in [0.15, 0.2) is 30.9 Å². The number of rotatable bonds is 4. The molecule has 4 aromatic rings. The van der Waals surface area contributed by atoms with Gasteiger partial charge in [0.25, 0.3) is 5.91 Å². The molecule has 18 nitrogen and oxygen atoms in total. The van der Waals surface area contributed by atoms with E-state index in [0.29, 0.717) is 10.4 Å². The van der Waals surface area contributed by atoms with E-state index in [-0.39, 0.29) is 33.6 Å². The summed E-state index contributed by atoms with van der Waals surface area (Å²) in [5, 5.41) is 7.96. The molecule has 3 saturated heterocycles. The number of alkyl halides is 2. The summed E-state index contributed by atoms with van der Waals surface area (Å²) in [6, 6.07) is 4.47. The molecule has 10 atom stereocenters. The number of benzene rings is 1. The van der Waals surface area contributed by atoms with Crippen LogP contribution in [0.5, 0.6) is 0 Å². The summed E-state index contributed by atoms with van der Waals surface area (Å²) >= 11 is 4.00. The summed E-state index contributed by atoms with van der Waals surface area (Å²) in [7, 11) is -3.20. The highest BCUT2D eigenvalue weighted by molar-refractivity contribution is 8.93.